The molecule has 5 nitrogen and oxygen atoms in total. The highest BCUT2D eigenvalue weighted by Gasteiger charge is 2.38. The Kier molecular flexibility index (Phi) is 4.98. The Labute approximate surface area is 155 Å². The molecule has 1 aliphatic rings. The highest BCUT2D eigenvalue weighted by Crippen LogP contribution is 2.35. The van der Waals surface area contributed by atoms with Gasteiger partial charge in [0.15, 0.2) is 0 Å². The summed E-state index contributed by atoms with van der Waals surface area (Å²) in [6.45, 7) is 9.47. The molecule has 0 saturated carbocycles. The first-order chi connectivity index (χ1) is 12.5. The first-order valence-electron chi connectivity index (χ1n) is 8.90. The highest BCUT2D eigenvalue weighted by molar-refractivity contribution is 6.10. The number of carbonyl (C=O) groups is 1. The normalized spacial score (nSPS) is 16.9. The molecule has 1 saturated heterocycles. The molecule has 1 fully saturated rings. The molecule has 1 unspecified atom stereocenters. The number of hydrogen-bond donors (Lipinski definition) is 2. The minimum atomic E-state index is 0.00602. The average Bonchev–Trinajstić information content (AvgIpc) is 2.90. The lowest BCUT2D eigenvalue weighted by atomic mass is 10.1. The van der Waals surface area contributed by atoms with Crippen LogP contribution in [0.4, 0.5) is 11.4 Å². The molecular weight excluding hydrogens is 324 g/mol. The molecule has 1 atom stereocenters. The zero-order valence-electron chi connectivity index (χ0n) is 15.8. The van der Waals surface area contributed by atoms with Crippen molar-refractivity contribution in [2.24, 2.45) is 0 Å². The summed E-state index contributed by atoms with van der Waals surface area (Å²) in [7, 11) is 0. The number of nitrogens with one attached hydrogen (secondary N) is 2. The van der Waals surface area contributed by atoms with Crippen LogP contribution in [0.5, 0.6) is 0 Å². The number of benzene rings is 2. The van der Waals surface area contributed by atoms with Gasteiger partial charge in [-0.15, -0.1) is 0 Å². The van der Waals surface area contributed by atoms with Crippen LogP contribution in [-0.4, -0.2) is 31.5 Å². The molecule has 1 amide bonds. The summed E-state index contributed by atoms with van der Waals surface area (Å²) in [6.07, 6.45) is 0.730. The summed E-state index contributed by atoms with van der Waals surface area (Å²) >= 11 is 0. The molecule has 1 aliphatic heterocycles. The Morgan fingerprint density at radius 3 is 2.00 bits per heavy atom. The molecule has 1 heterocycles. The van der Waals surface area contributed by atoms with Crippen molar-refractivity contribution in [2.75, 3.05) is 22.9 Å². The van der Waals surface area contributed by atoms with Crippen LogP contribution < -0.4 is 15.1 Å². The van der Waals surface area contributed by atoms with Crippen LogP contribution >= 0.6 is 0 Å². The maximum atomic E-state index is 10.9. The minimum Gasteiger partial charge on any atom is -0.357 e. The van der Waals surface area contributed by atoms with Crippen LogP contribution in [0.15, 0.2) is 36.4 Å². The van der Waals surface area contributed by atoms with Gasteiger partial charge in [-0.25, -0.2) is 0 Å². The molecule has 2 aromatic rings. The number of para-hydroxylation sites is 2. The third-order valence-electron chi connectivity index (χ3n) is 5.07. The average molecular weight is 350 g/mol. The smallest absolute Gasteiger partial charge is 0.207 e. The summed E-state index contributed by atoms with van der Waals surface area (Å²) < 4.78 is 0. The lowest BCUT2D eigenvalue weighted by molar-refractivity contribution is -0.109. The van der Waals surface area contributed by atoms with Crippen LogP contribution in [0, 0.1) is 33.1 Å². The van der Waals surface area contributed by atoms with E-state index in [0.717, 1.165) is 40.0 Å². The number of hydrogen-bond acceptors (Lipinski definition) is 2. The Balaban J connectivity index is 2.07. The maximum absolute atomic E-state index is 10.9. The third kappa shape index (κ3) is 3.05. The van der Waals surface area contributed by atoms with E-state index in [2.05, 4.69) is 67.1 Å². The lowest BCUT2D eigenvalue weighted by Gasteiger charge is -2.29. The molecule has 0 radical (unpaired) electrons. The number of rotatable bonds is 5. The van der Waals surface area contributed by atoms with Crippen molar-refractivity contribution in [2.45, 2.75) is 33.7 Å². The van der Waals surface area contributed by atoms with E-state index in [1.54, 1.807) is 0 Å². The van der Waals surface area contributed by atoms with Crippen molar-refractivity contribution in [1.82, 2.24) is 5.32 Å². The Morgan fingerprint density at radius 1 is 1.00 bits per heavy atom. The molecule has 136 valence electrons. The van der Waals surface area contributed by atoms with Crippen molar-refractivity contribution in [3.8, 4) is 0 Å². The quantitative estimate of drug-likeness (QED) is 0.814. The highest BCUT2D eigenvalue weighted by atomic mass is 16.1. The molecule has 5 heteroatoms. The standard InChI is InChI=1S/C21H26N4O/c1-14-7-5-8-15(2)19(14)24-12-18(11-23-13-26)25(21(24)22)20-16(3)9-6-10-17(20)4/h5-10,13,18,22H,11-12H2,1-4H3,(H,23,26). The summed E-state index contributed by atoms with van der Waals surface area (Å²) in [5.41, 5.74) is 6.72. The van der Waals surface area contributed by atoms with Gasteiger partial charge >= 0.3 is 0 Å². The molecule has 0 aliphatic carbocycles. The van der Waals surface area contributed by atoms with Gasteiger partial charge < -0.3 is 15.1 Å². The second-order valence-electron chi connectivity index (χ2n) is 6.96. The topological polar surface area (TPSA) is 59.4 Å². The molecular formula is C21H26N4O. The van der Waals surface area contributed by atoms with Crippen LogP contribution in [0.1, 0.15) is 22.3 Å². The maximum Gasteiger partial charge on any atom is 0.207 e. The molecule has 0 spiro atoms. The SMILES string of the molecule is Cc1cccc(C)c1N1CC(CNC=O)N(c2c(C)cccc2C)C1=N. The predicted molar refractivity (Wildman–Crippen MR) is 107 cm³/mol. The van der Waals surface area contributed by atoms with Crippen molar-refractivity contribution in [3.05, 3.63) is 58.7 Å². The Hall–Kier alpha value is -2.82. The molecule has 0 aromatic heterocycles. The van der Waals surface area contributed by atoms with E-state index >= 15 is 0 Å². The second-order valence-corrected chi connectivity index (χ2v) is 6.96. The Morgan fingerprint density at radius 2 is 1.50 bits per heavy atom. The molecule has 0 bridgehead atoms. The van der Waals surface area contributed by atoms with Crippen molar-refractivity contribution >= 4 is 23.7 Å². The second kappa shape index (κ2) is 7.20. The van der Waals surface area contributed by atoms with Crippen molar-refractivity contribution in [3.63, 3.8) is 0 Å². The third-order valence-corrected chi connectivity index (χ3v) is 5.07. The van der Waals surface area contributed by atoms with Crippen LogP contribution in [0.2, 0.25) is 0 Å². The van der Waals surface area contributed by atoms with E-state index in [9.17, 15) is 4.79 Å². The van der Waals surface area contributed by atoms with Gasteiger partial charge in [0.2, 0.25) is 12.4 Å². The molecule has 3 rings (SSSR count). The lowest BCUT2D eigenvalue weighted by Crippen LogP contribution is -2.42. The first kappa shape index (κ1) is 18.0. The van der Waals surface area contributed by atoms with Gasteiger partial charge in [0, 0.05) is 18.8 Å². The van der Waals surface area contributed by atoms with Gasteiger partial charge in [0.25, 0.3) is 0 Å². The fourth-order valence-corrected chi connectivity index (χ4v) is 3.92. The van der Waals surface area contributed by atoms with E-state index in [1.165, 1.54) is 0 Å². The zero-order valence-corrected chi connectivity index (χ0v) is 15.8. The first-order valence-corrected chi connectivity index (χ1v) is 8.90. The van der Waals surface area contributed by atoms with E-state index in [1.807, 2.05) is 12.1 Å². The monoisotopic (exact) mass is 350 g/mol. The fraction of sp³-hybridized carbons (Fsp3) is 0.333. The van der Waals surface area contributed by atoms with E-state index in [-0.39, 0.29) is 6.04 Å². The zero-order chi connectivity index (χ0) is 18.8. The van der Waals surface area contributed by atoms with Crippen molar-refractivity contribution < 1.29 is 4.79 Å². The van der Waals surface area contributed by atoms with Crippen LogP contribution in [0.25, 0.3) is 0 Å². The summed E-state index contributed by atoms with van der Waals surface area (Å²) in [6, 6.07) is 12.4. The van der Waals surface area contributed by atoms with Crippen LogP contribution in [0.3, 0.4) is 0 Å². The number of guanidine groups is 1. The minimum absolute atomic E-state index is 0.00602. The number of aryl methyl sites for hydroxylation is 4. The number of carbonyl (C=O) groups excluding carboxylic acids is 1. The van der Waals surface area contributed by atoms with Gasteiger partial charge in [-0.05, 0) is 49.9 Å². The van der Waals surface area contributed by atoms with E-state index < -0.39 is 0 Å². The number of amides is 1. The number of anilines is 2. The predicted octanol–water partition coefficient (Wildman–Crippen LogP) is 3.30. The van der Waals surface area contributed by atoms with Crippen LogP contribution in [-0.2, 0) is 4.79 Å². The molecule has 26 heavy (non-hydrogen) atoms. The van der Waals surface area contributed by atoms with Gasteiger partial charge in [0.05, 0.1) is 11.7 Å². The molecule has 2 aromatic carbocycles. The molecule has 2 N–H and O–H groups in total. The van der Waals surface area contributed by atoms with Crippen molar-refractivity contribution in [1.29, 1.82) is 5.41 Å². The summed E-state index contributed by atoms with van der Waals surface area (Å²) in [4.78, 5) is 15.0. The van der Waals surface area contributed by atoms with Gasteiger partial charge in [-0.1, -0.05) is 36.4 Å². The Bertz CT molecular complexity index is 805. The summed E-state index contributed by atoms with van der Waals surface area (Å²) in [5.74, 6) is 0.456. The van der Waals surface area contributed by atoms with Gasteiger partial charge in [-0.3, -0.25) is 10.2 Å². The fourth-order valence-electron chi connectivity index (χ4n) is 3.92. The number of nitrogens with zero attached hydrogens (tertiary/aromatic N) is 2. The van der Waals surface area contributed by atoms with Gasteiger partial charge in [-0.2, -0.15) is 0 Å². The largest absolute Gasteiger partial charge is 0.357 e. The van der Waals surface area contributed by atoms with Gasteiger partial charge in [0.1, 0.15) is 0 Å². The van der Waals surface area contributed by atoms with E-state index in [0.29, 0.717) is 19.0 Å². The van der Waals surface area contributed by atoms with E-state index in [4.69, 9.17) is 5.41 Å². The summed E-state index contributed by atoms with van der Waals surface area (Å²) in [5, 5.41) is 11.7.